The minimum atomic E-state index is 0.291. The molecule has 0 amide bonds. The van der Waals surface area contributed by atoms with E-state index in [4.69, 9.17) is 0 Å². The lowest BCUT2D eigenvalue weighted by Crippen LogP contribution is -2.43. The number of aliphatic hydroxyl groups is 1. The maximum absolute atomic E-state index is 9.80. The highest BCUT2D eigenvalue weighted by atomic mass is 16.3. The van der Waals surface area contributed by atoms with Gasteiger partial charge in [0.05, 0.1) is 0 Å². The van der Waals surface area contributed by atoms with Crippen molar-refractivity contribution in [1.82, 2.24) is 0 Å². The van der Waals surface area contributed by atoms with Gasteiger partial charge in [0.1, 0.15) is 0 Å². The highest BCUT2D eigenvalue weighted by Crippen LogP contribution is 2.64. The third kappa shape index (κ3) is 1.80. The van der Waals surface area contributed by atoms with E-state index >= 15 is 0 Å². The molecule has 2 fully saturated rings. The molecule has 3 aliphatic carbocycles. The van der Waals surface area contributed by atoms with E-state index in [9.17, 15) is 5.11 Å². The van der Waals surface area contributed by atoms with Crippen LogP contribution in [-0.2, 0) is 6.42 Å². The summed E-state index contributed by atoms with van der Waals surface area (Å²) >= 11 is 0. The van der Waals surface area contributed by atoms with Crippen LogP contribution in [0.5, 0.6) is 0 Å². The lowest BCUT2D eigenvalue weighted by Gasteiger charge is -2.51. The normalized spacial score (nSPS) is 41.3. The molecule has 112 valence electrons. The Morgan fingerprint density at radius 1 is 1.29 bits per heavy atom. The van der Waals surface area contributed by atoms with Crippen molar-refractivity contribution in [3.05, 3.63) is 47.5 Å². The molecule has 1 unspecified atom stereocenters. The smallest absolute Gasteiger partial charge is 0.0467 e. The second-order valence-electron chi connectivity index (χ2n) is 7.77. The zero-order chi connectivity index (χ0) is 14.6. The maximum atomic E-state index is 9.80. The Hall–Kier alpha value is -1.08. The van der Waals surface area contributed by atoms with E-state index in [1.807, 2.05) is 0 Å². The molecule has 0 radical (unpaired) electrons. The largest absolute Gasteiger partial charge is 0.396 e. The molecule has 0 spiro atoms. The summed E-state index contributed by atoms with van der Waals surface area (Å²) in [5.74, 6) is 2.54. The van der Waals surface area contributed by atoms with Crippen LogP contribution in [0.4, 0.5) is 0 Å². The van der Waals surface area contributed by atoms with Crippen LogP contribution < -0.4 is 0 Å². The highest BCUT2D eigenvalue weighted by Gasteiger charge is 2.55. The molecular formula is C20H26O. The first-order valence-corrected chi connectivity index (χ1v) is 8.51. The quantitative estimate of drug-likeness (QED) is 0.761. The van der Waals surface area contributed by atoms with Gasteiger partial charge in [-0.3, -0.25) is 0 Å². The number of benzene rings is 1. The van der Waals surface area contributed by atoms with E-state index in [1.165, 1.54) is 31.3 Å². The van der Waals surface area contributed by atoms with Crippen LogP contribution in [0.1, 0.15) is 49.7 Å². The van der Waals surface area contributed by atoms with Gasteiger partial charge in [-0.1, -0.05) is 43.3 Å². The number of allylic oxidation sites excluding steroid dienone is 1. The van der Waals surface area contributed by atoms with Crippen LogP contribution in [0.3, 0.4) is 0 Å². The lowest BCUT2D eigenvalue weighted by atomic mass is 9.54. The maximum Gasteiger partial charge on any atom is 0.0467 e. The molecule has 1 aromatic rings. The molecule has 1 aromatic carbocycles. The first kappa shape index (κ1) is 13.6. The summed E-state index contributed by atoms with van der Waals surface area (Å²) in [7, 11) is 0. The average molecular weight is 282 g/mol. The van der Waals surface area contributed by atoms with E-state index in [1.54, 1.807) is 11.1 Å². The van der Waals surface area contributed by atoms with Crippen molar-refractivity contribution >= 4 is 0 Å². The van der Waals surface area contributed by atoms with Crippen molar-refractivity contribution in [3.8, 4) is 0 Å². The highest BCUT2D eigenvalue weighted by molar-refractivity contribution is 5.36. The standard InChI is InChI=1S/C20H26O/c1-13-11-15(12-21)20(2)10-9-17-16-6-4-3-5-14(16)7-8-18(17)19(13)20/h3-6,15,17-19,21H,1,7-12H2,2H3/t15?,17-,18-,19+,20-/m1/s1. The predicted molar refractivity (Wildman–Crippen MR) is 86.2 cm³/mol. The Morgan fingerprint density at radius 3 is 2.90 bits per heavy atom. The first-order chi connectivity index (χ1) is 10.1. The third-order valence-corrected chi connectivity index (χ3v) is 6.95. The summed E-state index contributed by atoms with van der Waals surface area (Å²) in [6.07, 6.45) is 6.11. The number of hydrogen-bond acceptors (Lipinski definition) is 1. The molecule has 0 heterocycles. The number of aliphatic hydroxyl groups excluding tert-OH is 1. The van der Waals surface area contributed by atoms with E-state index in [2.05, 4.69) is 37.8 Å². The van der Waals surface area contributed by atoms with E-state index in [0.717, 1.165) is 18.3 Å². The van der Waals surface area contributed by atoms with Crippen molar-refractivity contribution in [2.24, 2.45) is 23.2 Å². The Kier molecular flexibility index (Phi) is 3.04. The van der Waals surface area contributed by atoms with Crippen molar-refractivity contribution in [2.75, 3.05) is 6.61 Å². The van der Waals surface area contributed by atoms with E-state index in [0.29, 0.717) is 23.9 Å². The number of rotatable bonds is 1. The molecule has 1 heteroatoms. The topological polar surface area (TPSA) is 20.2 Å². The minimum absolute atomic E-state index is 0.291. The van der Waals surface area contributed by atoms with Crippen molar-refractivity contribution in [3.63, 3.8) is 0 Å². The van der Waals surface area contributed by atoms with Crippen molar-refractivity contribution < 1.29 is 5.11 Å². The van der Waals surface area contributed by atoms with Gasteiger partial charge in [0, 0.05) is 6.61 Å². The Balaban J connectivity index is 1.74. The molecule has 5 atom stereocenters. The number of hydrogen-bond donors (Lipinski definition) is 1. The van der Waals surface area contributed by atoms with Gasteiger partial charge in [-0.25, -0.2) is 0 Å². The van der Waals surface area contributed by atoms with Crippen LogP contribution >= 0.6 is 0 Å². The molecule has 3 aliphatic rings. The Morgan fingerprint density at radius 2 is 2.10 bits per heavy atom. The van der Waals surface area contributed by atoms with Crippen LogP contribution in [-0.4, -0.2) is 11.7 Å². The number of aryl methyl sites for hydroxylation is 1. The molecule has 1 N–H and O–H groups in total. The summed E-state index contributed by atoms with van der Waals surface area (Å²) in [6.45, 7) is 7.18. The second-order valence-corrected chi connectivity index (χ2v) is 7.77. The Bertz CT molecular complexity index is 575. The van der Waals surface area contributed by atoms with Gasteiger partial charge >= 0.3 is 0 Å². The summed E-state index contributed by atoms with van der Waals surface area (Å²) in [5.41, 5.74) is 4.89. The summed E-state index contributed by atoms with van der Waals surface area (Å²) in [5, 5.41) is 9.80. The molecule has 0 aromatic heterocycles. The van der Waals surface area contributed by atoms with Crippen LogP contribution in [0.15, 0.2) is 36.4 Å². The van der Waals surface area contributed by atoms with Gasteiger partial charge in [-0.2, -0.15) is 0 Å². The summed E-state index contributed by atoms with van der Waals surface area (Å²) < 4.78 is 0. The van der Waals surface area contributed by atoms with Gasteiger partial charge < -0.3 is 5.11 Å². The Labute approximate surface area is 128 Å². The predicted octanol–water partition coefficient (Wildman–Crippen LogP) is 4.32. The molecule has 21 heavy (non-hydrogen) atoms. The molecule has 4 rings (SSSR count). The molecule has 0 saturated heterocycles. The van der Waals surface area contributed by atoms with Gasteiger partial charge in [0.25, 0.3) is 0 Å². The zero-order valence-electron chi connectivity index (χ0n) is 13.0. The molecule has 2 saturated carbocycles. The molecular weight excluding hydrogens is 256 g/mol. The van der Waals surface area contributed by atoms with Crippen molar-refractivity contribution in [1.29, 1.82) is 0 Å². The zero-order valence-corrected chi connectivity index (χ0v) is 13.0. The van der Waals surface area contributed by atoms with Gasteiger partial charge in [0.15, 0.2) is 0 Å². The van der Waals surface area contributed by atoms with E-state index < -0.39 is 0 Å². The fourth-order valence-electron chi connectivity index (χ4n) is 5.93. The van der Waals surface area contributed by atoms with Crippen LogP contribution in [0.25, 0.3) is 0 Å². The first-order valence-electron chi connectivity index (χ1n) is 8.51. The SMILES string of the molecule is C=C1CC(CO)[C@@]2(C)CC[C@@H]3c4ccccc4CC[C@H]3[C@H]12. The average Bonchev–Trinajstić information content (AvgIpc) is 2.77. The molecule has 0 aliphatic heterocycles. The number of fused-ring (bicyclic) bond motifs is 5. The minimum Gasteiger partial charge on any atom is -0.396 e. The summed E-state index contributed by atoms with van der Waals surface area (Å²) in [6, 6.07) is 9.06. The van der Waals surface area contributed by atoms with E-state index in [-0.39, 0.29) is 0 Å². The lowest BCUT2D eigenvalue weighted by molar-refractivity contribution is 0.0179. The fraction of sp³-hybridized carbons (Fsp3) is 0.600. The van der Waals surface area contributed by atoms with Crippen LogP contribution in [0, 0.1) is 23.2 Å². The van der Waals surface area contributed by atoms with Gasteiger partial charge in [0.2, 0.25) is 0 Å². The third-order valence-electron chi connectivity index (χ3n) is 6.95. The monoisotopic (exact) mass is 282 g/mol. The second kappa shape index (κ2) is 4.71. The molecule has 1 nitrogen and oxygen atoms in total. The molecule has 0 bridgehead atoms. The summed E-state index contributed by atoms with van der Waals surface area (Å²) in [4.78, 5) is 0. The fourth-order valence-corrected chi connectivity index (χ4v) is 5.93. The van der Waals surface area contributed by atoms with Crippen LogP contribution in [0.2, 0.25) is 0 Å². The van der Waals surface area contributed by atoms with Crippen molar-refractivity contribution in [2.45, 2.75) is 44.9 Å². The van der Waals surface area contributed by atoms with Gasteiger partial charge in [-0.05, 0) is 72.3 Å². The van der Waals surface area contributed by atoms with Gasteiger partial charge in [-0.15, -0.1) is 0 Å².